The van der Waals surface area contributed by atoms with Crippen LogP contribution in [0, 0.1) is 17.7 Å². The van der Waals surface area contributed by atoms with E-state index in [1.54, 1.807) is 12.1 Å². The van der Waals surface area contributed by atoms with Crippen molar-refractivity contribution in [2.45, 2.75) is 32.6 Å². The van der Waals surface area contributed by atoms with E-state index in [0.29, 0.717) is 43.1 Å². The lowest BCUT2D eigenvalue weighted by Gasteiger charge is -2.37. The molecule has 0 bridgehead atoms. The smallest absolute Gasteiger partial charge is 0.254 e. The molecule has 0 saturated carbocycles. The number of aromatic nitrogens is 1. The van der Waals surface area contributed by atoms with E-state index >= 15 is 0 Å². The molecular formula is C28H30FN3O2. The molecule has 1 aromatic heterocycles. The van der Waals surface area contributed by atoms with Crippen LogP contribution >= 0.6 is 0 Å². The van der Waals surface area contributed by atoms with E-state index in [1.165, 1.54) is 18.6 Å². The van der Waals surface area contributed by atoms with Gasteiger partial charge in [-0.05, 0) is 68.0 Å². The lowest BCUT2D eigenvalue weighted by atomic mass is 9.92. The Bertz CT molecular complexity index is 1200. The number of hydrogen-bond donors (Lipinski definition) is 0. The molecule has 34 heavy (non-hydrogen) atoms. The van der Waals surface area contributed by atoms with E-state index < -0.39 is 0 Å². The Morgan fingerprint density at radius 3 is 2.41 bits per heavy atom. The Balaban J connectivity index is 1.35. The minimum Gasteiger partial charge on any atom is -0.342 e. The second kappa shape index (κ2) is 9.53. The van der Waals surface area contributed by atoms with Crippen LogP contribution in [-0.4, -0.2) is 52.8 Å². The molecule has 176 valence electrons. The third kappa shape index (κ3) is 4.54. The molecule has 0 radical (unpaired) electrons. The van der Waals surface area contributed by atoms with E-state index in [1.807, 2.05) is 40.1 Å². The number of carbonyl (C=O) groups is 2. The van der Waals surface area contributed by atoms with Gasteiger partial charge in [0.05, 0.1) is 16.8 Å². The Morgan fingerprint density at radius 1 is 0.941 bits per heavy atom. The molecule has 2 fully saturated rings. The van der Waals surface area contributed by atoms with Crippen molar-refractivity contribution in [1.82, 2.24) is 14.8 Å². The van der Waals surface area contributed by atoms with Crippen LogP contribution in [0.1, 0.15) is 43.0 Å². The number of pyridine rings is 1. The summed E-state index contributed by atoms with van der Waals surface area (Å²) in [5.74, 6) is 0.469. The standard InChI is InChI=1S/C28H30FN3O2/c1-19-5-4-14-32(18-19)27(33)21-12-15-31(16-13-21)28(34)24-17-26(20-8-10-22(29)11-9-20)30-25-7-3-2-6-23(24)25/h2-3,6-11,17,19,21H,4-5,12-16,18H2,1H3. The highest BCUT2D eigenvalue weighted by Gasteiger charge is 2.32. The highest BCUT2D eigenvalue weighted by atomic mass is 19.1. The number of hydrogen-bond acceptors (Lipinski definition) is 3. The molecule has 0 spiro atoms. The molecule has 2 aromatic carbocycles. The number of fused-ring (bicyclic) bond motifs is 1. The Kier molecular flexibility index (Phi) is 6.31. The van der Waals surface area contributed by atoms with Gasteiger partial charge in [-0.2, -0.15) is 0 Å². The first kappa shape index (κ1) is 22.5. The van der Waals surface area contributed by atoms with E-state index in [9.17, 15) is 14.0 Å². The lowest BCUT2D eigenvalue weighted by molar-refractivity contribution is -0.138. The number of likely N-dealkylation sites (tertiary alicyclic amines) is 2. The summed E-state index contributed by atoms with van der Waals surface area (Å²) in [6.45, 7) is 5.06. The van der Waals surface area contributed by atoms with Crippen LogP contribution in [0.25, 0.3) is 22.2 Å². The number of halogens is 1. The fourth-order valence-electron chi connectivity index (χ4n) is 5.27. The van der Waals surface area contributed by atoms with Gasteiger partial charge in [-0.1, -0.05) is 25.1 Å². The third-order valence-corrected chi connectivity index (χ3v) is 7.19. The third-order valence-electron chi connectivity index (χ3n) is 7.19. The van der Waals surface area contributed by atoms with Gasteiger partial charge in [0.15, 0.2) is 0 Å². The number of amides is 2. The largest absolute Gasteiger partial charge is 0.342 e. The van der Waals surface area contributed by atoms with Crippen molar-refractivity contribution >= 4 is 22.7 Å². The zero-order valence-corrected chi connectivity index (χ0v) is 19.5. The molecule has 3 heterocycles. The fourth-order valence-corrected chi connectivity index (χ4v) is 5.27. The molecule has 0 N–H and O–H groups in total. The first-order valence-corrected chi connectivity index (χ1v) is 12.2. The van der Waals surface area contributed by atoms with Crippen LogP contribution in [0.15, 0.2) is 54.6 Å². The van der Waals surface area contributed by atoms with E-state index in [4.69, 9.17) is 4.98 Å². The molecule has 2 saturated heterocycles. The molecule has 6 heteroatoms. The zero-order chi connectivity index (χ0) is 23.7. The van der Waals surface area contributed by atoms with Gasteiger partial charge in [0, 0.05) is 43.0 Å². The predicted octanol–water partition coefficient (Wildman–Crippen LogP) is 5.15. The SMILES string of the molecule is CC1CCCN(C(=O)C2CCN(C(=O)c3cc(-c4ccc(F)cc4)nc4ccccc34)CC2)C1. The van der Waals surface area contributed by atoms with E-state index in [2.05, 4.69) is 6.92 Å². The molecule has 5 rings (SSSR count). The summed E-state index contributed by atoms with van der Waals surface area (Å²) in [4.78, 5) is 35.3. The maximum atomic E-state index is 13.6. The summed E-state index contributed by atoms with van der Waals surface area (Å²) in [6.07, 6.45) is 3.67. The van der Waals surface area contributed by atoms with Crippen molar-refractivity contribution in [3.05, 3.63) is 66.0 Å². The van der Waals surface area contributed by atoms with Crippen LogP contribution in [-0.2, 0) is 4.79 Å². The van der Waals surface area contributed by atoms with Gasteiger partial charge in [0.25, 0.3) is 5.91 Å². The lowest BCUT2D eigenvalue weighted by Crippen LogP contribution is -2.47. The van der Waals surface area contributed by atoms with Gasteiger partial charge in [-0.25, -0.2) is 9.37 Å². The summed E-state index contributed by atoms with van der Waals surface area (Å²) in [6, 6.07) is 15.6. The molecule has 3 aromatic rings. The van der Waals surface area contributed by atoms with Crippen LogP contribution in [0.4, 0.5) is 4.39 Å². The fraction of sp³-hybridized carbons (Fsp3) is 0.393. The molecule has 2 amide bonds. The number of carbonyl (C=O) groups excluding carboxylic acids is 2. The molecule has 2 aliphatic heterocycles. The molecule has 2 aliphatic rings. The summed E-state index contributed by atoms with van der Waals surface area (Å²) in [7, 11) is 0. The van der Waals surface area contributed by atoms with Crippen molar-refractivity contribution < 1.29 is 14.0 Å². The average Bonchev–Trinajstić information content (AvgIpc) is 2.88. The second-order valence-corrected chi connectivity index (χ2v) is 9.68. The van der Waals surface area contributed by atoms with Crippen molar-refractivity contribution in [2.75, 3.05) is 26.2 Å². The molecular weight excluding hydrogens is 429 g/mol. The summed E-state index contributed by atoms with van der Waals surface area (Å²) >= 11 is 0. The van der Waals surface area contributed by atoms with Crippen LogP contribution < -0.4 is 0 Å². The monoisotopic (exact) mass is 459 g/mol. The molecule has 0 aliphatic carbocycles. The zero-order valence-electron chi connectivity index (χ0n) is 19.5. The van der Waals surface area contributed by atoms with Crippen LogP contribution in [0.5, 0.6) is 0 Å². The topological polar surface area (TPSA) is 53.5 Å². The van der Waals surface area contributed by atoms with Gasteiger partial charge in [-0.15, -0.1) is 0 Å². The van der Waals surface area contributed by atoms with Crippen molar-refractivity contribution in [1.29, 1.82) is 0 Å². The van der Waals surface area contributed by atoms with Gasteiger partial charge < -0.3 is 9.80 Å². The minimum atomic E-state index is -0.308. The van der Waals surface area contributed by atoms with Crippen LogP contribution in [0.2, 0.25) is 0 Å². The van der Waals surface area contributed by atoms with Gasteiger partial charge in [-0.3, -0.25) is 9.59 Å². The molecule has 5 nitrogen and oxygen atoms in total. The summed E-state index contributed by atoms with van der Waals surface area (Å²) in [5.41, 5.74) is 2.74. The van der Waals surface area contributed by atoms with Gasteiger partial charge >= 0.3 is 0 Å². The summed E-state index contributed by atoms with van der Waals surface area (Å²) in [5, 5.41) is 0.805. The normalized spacial score (nSPS) is 19.4. The number of para-hydroxylation sites is 1. The number of nitrogens with zero attached hydrogens (tertiary/aromatic N) is 3. The number of piperidine rings is 2. The van der Waals surface area contributed by atoms with Gasteiger partial charge in [0.2, 0.25) is 5.91 Å². The van der Waals surface area contributed by atoms with Crippen molar-refractivity contribution in [3.8, 4) is 11.3 Å². The average molecular weight is 460 g/mol. The van der Waals surface area contributed by atoms with E-state index in [0.717, 1.165) is 36.0 Å². The van der Waals surface area contributed by atoms with Crippen molar-refractivity contribution in [2.24, 2.45) is 11.8 Å². The predicted molar refractivity (Wildman–Crippen MR) is 131 cm³/mol. The maximum Gasteiger partial charge on any atom is 0.254 e. The first-order valence-electron chi connectivity index (χ1n) is 12.2. The number of rotatable bonds is 3. The first-order chi connectivity index (χ1) is 16.5. The summed E-state index contributed by atoms with van der Waals surface area (Å²) < 4.78 is 13.4. The highest BCUT2D eigenvalue weighted by molar-refractivity contribution is 6.07. The Morgan fingerprint density at radius 2 is 1.68 bits per heavy atom. The Hall–Kier alpha value is -3.28. The minimum absolute atomic E-state index is 0.00156. The van der Waals surface area contributed by atoms with Gasteiger partial charge in [0.1, 0.15) is 5.82 Å². The highest BCUT2D eigenvalue weighted by Crippen LogP contribution is 2.29. The quantitative estimate of drug-likeness (QED) is 0.544. The second-order valence-electron chi connectivity index (χ2n) is 9.68. The molecule has 1 unspecified atom stereocenters. The Labute approximate surface area is 199 Å². The maximum absolute atomic E-state index is 13.6. The number of benzene rings is 2. The molecule has 1 atom stereocenters. The van der Waals surface area contributed by atoms with Crippen molar-refractivity contribution in [3.63, 3.8) is 0 Å². The van der Waals surface area contributed by atoms with Crippen LogP contribution in [0.3, 0.4) is 0 Å². The van der Waals surface area contributed by atoms with E-state index in [-0.39, 0.29) is 23.5 Å².